The number of hydrogen-bond donors (Lipinski definition) is 1. The van der Waals surface area contributed by atoms with Gasteiger partial charge in [0.2, 0.25) is 10.0 Å². The smallest absolute Gasteiger partial charge is 0.211 e. The molecular formula is C17H24N4O3S. The maximum absolute atomic E-state index is 11.8. The number of rotatable bonds is 7. The van der Waals surface area contributed by atoms with E-state index in [1.165, 1.54) is 5.56 Å². The summed E-state index contributed by atoms with van der Waals surface area (Å²) in [5.74, 6) is 0.922. The van der Waals surface area contributed by atoms with Gasteiger partial charge in [-0.3, -0.25) is 9.58 Å². The third-order valence-corrected chi connectivity index (χ3v) is 5.78. The fourth-order valence-corrected chi connectivity index (χ4v) is 3.74. The van der Waals surface area contributed by atoms with Crippen LogP contribution in [0.1, 0.15) is 24.2 Å². The van der Waals surface area contributed by atoms with Gasteiger partial charge < -0.3 is 4.74 Å². The minimum atomic E-state index is -3.22. The van der Waals surface area contributed by atoms with E-state index in [1.54, 1.807) is 20.2 Å². The highest BCUT2D eigenvalue weighted by molar-refractivity contribution is 7.89. The molecule has 0 bridgehead atoms. The van der Waals surface area contributed by atoms with Crippen LogP contribution in [0.3, 0.4) is 0 Å². The van der Waals surface area contributed by atoms with E-state index in [0.717, 1.165) is 31.1 Å². The molecule has 1 unspecified atom stereocenters. The van der Waals surface area contributed by atoms with E-state index in [0.29, 0.717) is 6.54 Å². The van der Waals surface area contributed by atoms with Crippen LogP contribution in [0.4, 0.5) is 0 Å². The van der Waals surface area contributed by atoms with Gasteiger partial charge in [-0.25, -0.2) is 13.1 Å². The molecule has 3 rings (SSSR count). The van der Waals surface area contributed by atoms with E-state index in [2.05, 4.69) is 20.8 Å². The van der Waals surface area contributed by atoms with Crippen LogP contribution < -0.4 is 9.46 Å². The van der Waals surface area contributed by atoms with E-state index in [1.807, 2.05) is 28.9 Å². The fraction of sp³-hybridized carbons (Fsp3) is 0.471. The molecular weight excluding hydrogens is 340 g/mol. The Morgan fingerprint density at radius 3 is 2.96 bits per heavy atom. The zero-order valence-electron chi connectivity index (χ0n) is 14.6. The normalized spacial score (nSPS) is 18.1. The summed E-state index contributed by atoms with van der Waals surface area (Å²) in [6.45, 7) is 4.28. The summed E-state index contributed by atoms with van der Waals surface area (Å²) in [5.41, 5.74) is 2.26. The second-order valence-corrected chi connectivity index (χ2v) is 8.29. The van der Waals surface area contributed by atoms with Gasteiger partial charge in [-0.15, -0.1) is 0 Å². The van der Waals surface area contributed by atoms with E-state index >= 15 is 0 Å². The van der Waals surface area contributed by atoms with E-state index < -0.39 is 10.0 Å². The molecule has 1 aliphatic rings. The SMILES string of the molecule is CCS(=O)(=O)NCC1CN(Cc2cccc(OC)c2)Cc2ccnn21. The number of benzene rings is 1. The highest BCUT2D eigenvalue weighted by atomic mass is 32.2. The molecule has 1 atom stereocenters. The Morgan fingerprint density at radius 1 is 1.36 bits per heavy atom. The van der Waals surface area contributed by atoms with Crippen LogP contribution >= 0.6 is 0 Å². The summed E-state index contributed by atoms with van der Waals surface area (Å²) < 4.78 is 33.4. The average Bonchev–Trinajstić information content (AvgIpc) is 3.08. The van der Waals surface area contributed by atoms with Crippen LogP contribution in [-0.2, 0) is 23.1 Å². The van der Waals surface area contributed by atoms with Crippen LogP contribution in [0.2, 0.25) is 0 Å². The number of methoxy groups -OCH3 is 1. The zero-order valence-corrected chi connectivity index (χ0v) is 15.4. The number of sulfonamides is 1. The molecule has 0 saturated carbocycles. The van der Waals surface area contributed by atoms with Crippen molar-refractivity contribution in [1.82, 2.24) is 19.4 Å². The summed E-state index contributed by atoms with van der Waals surface area (Å²) in [6, 6.07) is 9.97. The molecule has 1 N–H and O–H groups in total. The molecule has 0 saturated heterocycles. The molecule has 7 nitrogen and oxygen atoms in total. The first-order valence-corrected chi connectivity index (χ1v) is 10.0. The Labute approximate surface area is 148 Å². The maximum atomic E-state index is 11.8. The third kappa shape index (κ3) is 4.39. The van der Waals surface area contributed by atoms with Gasteiger partial charge in [0, 0.05) is 32.4 Å². The minimum absolute atomic E-state index is 0.0225. The summed E-state index contributed by atoms with van der Waals surface area (Å²) in [6.07, 6.45) is 1.77. The molecule has 25 heavy (non-hydrogen) atoms. The van der Waals surface area contributed by atoms with Gasteiger partial charge in [-0.1, -0.05) is 12.1 Å². The van der Waals surface area contributed by atoms with Crippen LogP contribution in [0.5, 0.6) is 5.75 Å². The first-order chi connectivity index (χ1) is 12.0. The minimum Gasteiger partial charge on any atom is -0.497 e. The van der Waals surface area contributed by atoms with Crippen molar-refractivity contribution < 1.29 is 13.2 Å². The predicted octanol–water partition coefficient (Wildman–Crippen LogP) is 1.39. The molecule has 0 spiro atoms. The predicted molar refractivity (Wildman–Crippen MR) is 95.8 cm³/mol. The van der Waals surface area contributed by atoms with E-state index in [4.69, 9.17) is 4.74 Å². The van der Waals surface area contributed by atoms with Crippen LogP contribution in [0, 0.1) is 0 Å². The molecule has 0 amide bonds. The lowest BCUT2D eigenvalue weighted by atomic mass is 10.1. The Kier molecular flexibility index (Phi) is 5.41. The standard InChI is InChI=1S/C17H24N4O3S/c1-3-25(22,23)19-10-16-13-20(12-15-7-8-18-21(15)16)11-14-5-4-6-17(9-14)24-2/h4-9,16,19H,3,10-13H2,1-2H3. The molecule has 0 aliphatic carbocycles. The molecule has 0 fully saturated rings. The molecule has 2 heterocycles. The molecule has 0 radical (unpaired) electrons. The molecule has 1 aromatic carbocycles. The van der Waals surface area contributed by atoms with Crippen molar-refractivity contribution in [3.63, 3.8) is 0 Å². The van der Waals surface area contributed by atoms with Crippen LogP contribution in [-0.4, -0.2) is 49.1 Å². The summed E-state index contributed by atoms with van der Waals surface area (Å²) in [7, 11) is -1.55. The van der Waals surface area contributed by atoms with Gasteiger partial charge in [-0.05, 0) is 30.7 Å². The van der Waals surface area contributed by atoms with Crippen molar-refractivity contribution in [2.75, 3.05) is 26.0 Å². The van der Waals surface area contributed by atoms with Crippen molar-refractivity contribution in [1.29, 1.82) is 0 Å². The molecule has 136 valence electrons. The fourth-order valence-electron chi connectivity index (χ4n) is 3.09. The summed E-state index contributed by atoms with van der Waals surface area (Å²) in [5, 5.41) is 4.37. The van der Waals surface area contributed by atoms with Crippen LogP contribution in [0.25, 0.3) is 0 Å². The highest BCUT2D eigenvalue weighted by Gasteiger charge is 2.26. The van der Waals surface area contributed by atoms with Gasteiger partial charge >= 0.3 is 0 Å². The second-order valence-electron chi connectivity index (χ2n) is 6.19. The Balaban J connectivity index is 1.73. The third-order valence-electron chi connectivity index (χ3n) is 4.41. The molecule has 8 heteroatoms. The van der Waals surface area contributed by atoms with E-state index in [9.17, 15) is 8.42 Å². The van der Waals surface area contributed by atoms with Crippen molar-refractivity contribution in [3.8, 4) is 5.75 Å². The topological polar surface area (TPSA) is 76.5 Å². The van der Waals surface area contributed by atoms with Crippen molar-refractivity contribution in [2.24, 2.45) is 0 Å². The summed E-state index contributed by atoms with van der Waals surface area (Å²) in [4.78, 5) is 2.30. The molecule has 1 aromatic heterocycles. The summed E-state index contributed by atoms with van der Waals surface area (Å²) >= 11 is 0. The van der Waals surface area contributed by atoms with Crippen molar-refractivity contribution in [2.45, 2.75) is 26.1 Å². The first kappa shape index (κ1) is 17.9. The van der Waals surface area contributed by atoms with Crippen LogP contribution in [0.15, 0.2) is 36.5 Å². The van der Waals surface area contributed by atoms with Gasteiger partial charge in [0.1, 0.15) is 5.75 Å². The van der Waals surface area contributed by atoms with Gasteiger partial charge in [0.15, 0.2) is 0 Å². The molecule has 1 aliphatic heterocycles. The van der Waals surface area contributed by atoms with Gasteiger partial charge in [0.25, 0.3) is 0 Å². The van der Waals surface area contributed by atoms with Gasteiger partial charge in [0.05, 0.1) is 24.6 Å². The Morgan fingerprint density at radius 2 is 2.20 bits per heavy atom. The highest BCUT2D eigenvalue weighted by Crippen LogP contribution is 2.23. The van der Waals surface area contributed by atoms with Crippen molar-refractivity contribution in [3.05, 3.63) is 47.8 Å². The lowest BCUT2D eigenvalue weighted by molar-refractivity contribution is 0.168. The lowest BCUT2D eigenvalue weighted by Crippen LogP contribution is -2.42. The number of aromatic nitrogens is 2. The van der Waals surface area contributed by atoms with E-state index in [-0.39, 0.29) is 11.8 Å². The van der Waals surface area contributed by atoms with Crippen molar-refractivity contribution >= 4 is 10.0 Å². The first-order valence-electron chi connectivity index (χ1n) is 8.35. The van der Waals surface area contributed by atoms with Gasteiger partial charge in [-0.2, -0.15) is 5.10 Å². The number of fused-ring (bicyclic) bond motifs is 1. The molecule has 2 aromatic rings. The number of hydrogen-bond acceptors (Lipinski definition) is 5. The second kappa shape index (κ2) is 7.55. The zero-order chi connectivity index (χ0) is 17.9. The maximum Gasteiger partial charge on any atom is 0.211 e. The largest absolute Gasteiger partial charge is 0.497 e. The lowest BCUT2D eigenvalue weighted by Gasteiger charge is -2.34. The Hall–Kier alpha value is -1.90. The quantitative estimate of drug-likeness (QED) is 0.803. The number of nitrogens with zero attached hydrogens (tertiary/aromatic N) is 3. The number of ether oxygens (including phenoxy) is 1. The average molecular weight is 364 g/mol. The Bertz CT molecular complexity index is 819. The number of nitrogens with one attached hydrogen (secondary N) is 1. The monoisotopic (exact) mass is 364 g/mol.